The Morgan fingerprint density at radius 3 is 2.33 bits per heavy atom. The van der Waals surface area contributed by atoms with E-state index in [1.807, 2.05) is 72.8 Å². The van der Waals surface area contributed by atoms with Crippen molar-refractivity contribution in [1.29, 1.82) is 0 Å². The third kappa shape index (κ3) is 8.40. The lowest BCUT2D eigenvalue weighted by Crippen LogP contribution is -2.45. The number of carbonyl (C=O) groups is 4. The normalized spacial score (nSPS) is 12.4. The van der Waals surface area contributed by atoms with Gasteiger partial charge in [-0.25, -0.2) is 4.79 Å². The molecule has 3 aromatic rings. The van der Waals surface area contributed by atoms with Crippen LogP contribution in [0.1, 0.15) is 11.1 Å². The van der Waals surface area contributed by atoms with Crippen molar-refractivity contribution in [1.82, 2.24) is 10.6 Å². The van der Waals surface area contributed by atoms with E-state index in [-0.39, 0.29) is 18.8 Å². The summed E-state index contributed by atoms with van der Waals surface area (Å²) in [6.45, 7) is -0.531. The van der Waals surface area contributed by atoms with E-state index >= 15 is 0 Å². The van der Waals surface area contributed by atoms with E-state index in [0.29, 0.717) is 0 Å². The van der Waals surface area contributed by atoms with Crippen LogP contribution in [0.3, 0.4) is 0 Å². The highest BCUT2D eigenvalue weighted by molar-refractivity contribution is 8.13. The van der Waals surface area contributed by atoms with Crippen molar-refractivity contribution >= 4 is 45.6 Å². The molecule has 0 aliphatic rings. The SMILES string of the molecule is N[C@@H](CSC(=O)[C@H](Cc1ccccc1)NC(=O)OCc1ccc2ccccc2c1)C(=O)NCC(=O)O. The fourth-order valence-electron chi connectivity index (χ4n) is 3.35. The van der Waals surface area contributed by atoms with Crippen LogP contribution in [-0.2, 0) is 32.1 Å². The summed E-state index contributed by atoms with van der Waals surface area (Å²) in [6.07, 6.45) is -0.528. The summed E-state index contributed by atoms with van der Waals surface area (Å²) in [6, 6.07) is 20.7. The monoisotopic (exact) mass is 509 g/mol. The number of carboxylic acids is 1. The molecule has 0 aromatic heterocycles. The number of alkyl carbamates (subject to hydrolysis) is 1. The maximum atomic E-state index is 12.9. The Kier molecular flexibility index (Phi) is 9.84. The molecule has 3 aromatic carbocycles. The topological polar surface area (TPSA) is 148 Å². The third-order valence-corrected chi connectivity index (χ3v) is 6.29. The van der Waals surface area contributed by atoms with Gasteiger partial charge in [0.25, 0.3) is 0 Å². The van der Waals surface area contributed by atoms with Gasteiger partial charge in [0.15, 0.2) is 0 Å². The summed E-state index contributed by atoms with van der Waals surface area (Å²) in [5.74, 6) is -1.96. The number of thioether (sulfide) groups is 1. The maximum Gasteiger partial charge on any atom is 0.408 e. The van der Waals surface area contributed by atoms with Crippen LogP contribution in [0.5, 0.6) is 0 Å². The molecule has 10 heteroatoms. The maximum absolute atomic E-state index is 12.9. The van der Waals surface area contributed by atoms with Crippen molar-refractivity contribution in [2.75, 3.05) is 12.3 Å². The summed E-state index contributed by atoms with van der Waals surface area (Å²) in [7, 11) is 0. The van der Waals surface area contributed by atoms with Gasteiger partial charge in [-0.3, -0.25) is 14.4 Å². The van der Waals surface area contributed by atoms with Gasteiger partial charge in [-0.15, -0.1) is 0 Å². The molecule has 0 heterocycles. The Labute approximate surface area is 212 Å². The molecule has 0 bridgehead atoms. The first kappa shape index (κ1) is 26.7. The molecule has 0 fully saturated rings. The number of fused-ring (bicyclic) bond motifs is 1. The van der Waals surface area contributed by atoms with E-state index in [1.165, 1.54) is 0 Å². The van der Waals surface area contributed by atoms with Crippen LogP contribution in [0.4, 0.5) is 4.79 Å². The summed E-state index contributed by atoms with van der Waals surface area (Å²) < 4.78 is 5.36. The number of carboxylic acid groups (broad SMARTS) is 1. The zero-order valence-corrected chi connectivity index (χ0v) is 20.2. The number of nitrogens with two attached hydrogens (primary N) is 1. The van der Waals surface area contributed by atoms with E-state index < -0.39 is 41.7 Å². The number of hydrogen-bond donors (Lipinski definition) is 4. The van der Waals surface area contributed by atoms with Crippen molar-refractivity contribution in [2.45, 2.75) is 25.1 Å². The molecule has 3 rings (SSSR count). The standard InChI is InChI=1S/C26H27N3O6S/c27-21(24(32)28-14-23(30)31)16-36-25(33)22(13-17-6-2-1-3-7-17)29-26(34)35-15-18-10-11-19-8-4-5-9-20(19)12-18/h1-12,21-22H,13-16,27H2,(H,28,32)(H,29,34)(H,30,31)/t21-,22-/m0/s1. The van der Waals surface area contributed by atoms with Crippen LogP contribution >= 0.6 is 11.8 Å². The Hall–Kier alpha value is -3.89. The summed E-state index contributed by atoms with van der Waals surface area (Å²) in [5.41, 5.74) is 7.40. The van der Waals surface area contributed by atoms with Crippen molar-refractivity contribution in [3.8, 4) is 0 Å². The van der Waals surface area contributed by atoms with Gasteiger partial charge in [0, 0.05) is 12.2 Å². The number of amides is 2. The fraction of sp³-hybridized carbons (Fsp3) is 0.231. The minimum atomic E-state index is -1.20. The van der Waals surface area contributed by atoms with Gasteiger partial charge < -0.3 is 26.2 Å². The van der Waals surface area contributed by atoms with E-state index in [2.05, 4.69) is 10.6 Å². The summed E-state index contributed by atoms with van der Waals surface area (Å²) in [5, 5.41) is 15.1. The minimum absolute atomic E-state index is 0.0324. The Balaban J connectivity index is 1.58. The molecule has 2 atom stereocenters. The molecule has 188 valence electrons. The first-order chi connectivity index (χ1) is 17.3. The number of rotatable bonds is 11. The zero-order valence-electron chi connectivity index (χ0n) is 19.4. The molecule has 0 unspecified atom stereocenters. The number of nitrogens with one attached hydrogen (secondary N) is 2. The van der Waals surface area contributed by atoms with Crippen LogP contribution in [0, 0.1) is 0 Å². The van der Waals surface area contributed by atoms with E-state index in [4.69, 9.17) is 15.6 Å². The zero-order chi connectivity index (χ0) is 25.9. The fourth-order valence-corrected chi connectivity index (χ4v) is 4.19. The highest BCUT2D eigenvalue weighted by Crippen LogP contribution is 2.17. The number of aliphatic carboxylic acids is 1. The first-order valence-corrected chi connectivity index (χ1v) is 12.2. The molecule has 0 spiro atoms. The van der Waals surface area contributed by atoms with Gasteiger partial charge in [0.1, 0.15) is 19.2 Å². The summed E-state index contributed by atoms with van der Waals surface area (Å²) >= 11 is 0.790. The molecule has 0 saturated heterocycles. The van der Waals surface area contributed by atoms with Crippen LogP contribution in [0.2, 0.25) is 0 Å². The highest BCUT2D eigenvalue weighted by atomic mass is 32.2. The van der Waals surface area contributed by atoms with Crippen molar-refractivity contribution < 1.29 is 29.0 Å². The molecule has 0 saturated carbocycles. The predicted molar refractivity (Wildman–Crippen MR) is 137 cm³/mol. The molecule has 5 N–H and O–H groups in total. The summed E-state index contributed by atoms with van der Waals surface area (Å²) in [4.78, 5) is 47.9. The van der Waals surface area contributed by atoms with Gasteiger partial charge >= 0.3 is 12.1 Å². The molecule has 0 aliphatic heterocycles. The average Bonchev–Trinajstić information content (AvgIpc) is 2.89. The quantitative estimate of drug-likeness (QED) is 0.308. The second-order valence-electron chi connectivity index (χ2n) is 7.99. The van der Waals surface area contributed by atoms with Crippen LogP contribution in [0.15, 0.2) is 72.8 Å². The lowest BCUT2D eigenvalue weighted by Gasteiger charge is -2.18. The lowest BCUT2D eigenvalue weighted by atomic mass is 10.1. The number of carbonyl (C=O) groups excluding carboxylic acids is 3. The Morgan fingerprint density at radius 2 is 1.61 bits per heavy atom. The Bertz CT molecular complexity index is 1220. The van der Waals surface area contributed by atoms with E-state index in [0.717, 1.165) is 33.7 Å². The lowest BCUT2D eigenvalue weighted by molar-refractivity contribution is -0.138. The highest BCUT2D eigenvalue weighted by Gasteiger charge is 2.25. The van der Waals surface area contributed by atoms with Gasteiger partial charge in [0.05, 0.1) is 6.04 Å². The molecular formula is C26H27N3O6S. The number of ether oxygens (including phenoxy) is 1. The number of benzene rings is 3. The average molecular weight is 510 g/mol. The minimum Gasteiger partial charge on any atom is -0.480 e. The van der Waals surface area contributed by atoms with Crippen LogP contribution in [0.25, 0.3) is 10.8 Å². The van der Waals surface area contributed by atoms with Gasteiger partial charge in [-0.05, 0) is 28.0 Å². The molecular weight excluding hydrogens is 482 g/mol. The van der Waals surface area contributed by atoms with Crippen molar-refractivity contribution in [3.05, 3.63) is 83.9 Å². The largest absolute Gasteiger partial charge is 0.480 e. The third-order valence-electron chi connectivity index (χ3n) is 5.20. The van der Waals surface area contributed by atoms with Crippen LogP contribution in [-0.4, -0.2) is 52.6 Å². The molecule has 0 radical (unpaired) electrons. The second-order valence-corrected chi connectivity index (χ2v) is 9.02. The number of hydrogen-bond acceptors (Lipinski definition) is 7. The predicted octanol–water partition coefficient (Wildman–Crippen LogP) is 2.47. The van der Waals surface area contributed by atoms with Gasteiger partial charge in [-0.1, -0.05) is 78.5 Å². The molecule has 0 aliphatic carbocycles. The second kappa shape index (κ2) is 13.3. The van der Waals surface area contributed by atoms with E-state index in [9.17, 15) is 19.2 Å². The van der Waals surface area contributed by atoms with E-state index in [1.54, 1.807) is 0 Å². The molecule has 9 nitrogen and oxygen atoms in total. The van der Waals surface area contributed by atoms with Crippen LogP contribution < -0.4 is 16.4 Å². The van der Waals surface area contributed by atoms with Gasteiger partial charge in [0.2, 0.25) is 11.0 Å². The molecule has 36 heavy (non-hydrogen) atoms. The molecule has 2 amide bonds. The Morgan fingerprint density at radius 1 is 0.917 bits per heavy atom. The van der Waals surface area contributed by atoms with Crippen molar-refractivity contribution in [3.63, 3.8) is 0 Å². The first-order valence-electron chi connectivity index (χ1n) is 11.2. The van der Waals surface area contributed by atoms with Gasteiger partial charge in [-0.2, -0.15) is 0 Å². The van der Waals surface area contributed by atoms with Crippen molar-refractivity contribution in [2.24, 2.45) is 5.73 Å². The smallest absolute Gasteiger partial charge is 0.408 e.